The zero-order chi connectivity index (χ0) is 19.2. The zero-order valence-electron chi connectivity index (χ0n) is 14.1. The van der Waals surface area contributed by atoms with Gasteiger partial charge in [0.15, 0.2) is 0 Å². The van der Waals surface area contributed by atoms with Crippen LogP contribution in [-0.2, 0) is 0 Å². The van der Waals surface area contributed by atoms with Crippen LogP contribution in [0.1, 0.15) is 31.4 Å². The number of nitrogens with zero attached hydrogens (tertiary/aromatic N) is 2. The first-order chi connectivity index (χ1) is 13.0. The maximum atomic E-state index is 11.9. The first kappa shape index (κ1) is 18.2. The summed E-state index contributed by atoms with van der Waals surface area (Å²) in [5.41, 5.74) is 2.88. The summed E-state index contributed by atoms with van der Waals surface area (Å²) in [7, 11) is 0. The van der Waals surface area contributed by atoms with Crippen molar-refractivity contribution in [2.75, 3.05) is 0 Å². The third-order valence-electron chi connectivity index (χ3n) is 3.30. The fraction of sp³-hybridized carbons (Fsp3) is 0.0556. The van der Waals surface area contributed by atoms with Crippen LogP contribution in [0.2, 0.25) is 0 Å². The van der Waals surface area contributed by atoms with Crippen LogP contribution in [0.4, 0.5) is 0 Å². The van der Waals surface area contributed by atoms with Crippen LogP contribution < -0.4 is 15.9 Å². The van der Waals surface area contributed by atoms with E-state index in [9.17, 15) is 14.4 Å². The highest BCUT2D eigenvalue weighted by Crippen LogP contribution is 2.16. The number of nitrogens with one attached hydrogen (secondary N) is 2. The molecule has 3 rings (SSSR count). The second-order valence-electron chi connectivity index (χ2n) is 5.39. The maximum absolute atomic E-state index is 11.9. The first-order valence-corrected chi connectivity index (χ1v) is 8.66. The van der Waals surface area contributed by atoms with Crippen molar-refractivity contribution in [1.29, 1.82) is 0 Å². The lowest BCUT2D eigenvalue weighted by molar-refractivity contribution is 0.0739. The van der Waals surface area contributed by atoms with Gasteiger partial charge in [-0.05, 0) is 54.3 Å². The van der Waals surface area contributed by atoms with E-state index in [-0.39, 0.29) is 5.69 Å². The Morgan fingerprint density at radius 1 is 1.26 bits per heavy atom. The molecule has 2 heterocycles. The van der Waals surface area contributed by atoms with Crippen molar-refractivity contribution in [3.05, 3.63) is 80.2 Å². The minimum atomic E-state index is -0.600. The smallest absolute Gasteiger partial charge is 0.353 e. The number of aromatic amines is 1. The van der Waals surface area contributed by atoms with Gasteiger partial charge in [-0.1, -0.05) is 6.07 Å². The summed E-state index contributed by atoms with van der Waals surface area (Å²) in [4.78, 5) is 41.6. The fourth-order valence-corrected chi connectivity index (χ4v) is 2.69. The minimum Gasteiger partial charge on any atom is -0.422 e. The van der Waals surface area contributed by atoms with Crippen molar-refractivity contribution in [3.63, 3.8) is 0 Å². The summed E-state index contributed by atoms with van der Waals surface area (Å²) >= 11 is 1.30. The number of hydrazone groups is 1. The Morgan fingerprint density at radius 3 is 2.70 bits per heavy atom. The number of carbonyl (C=O) groups is 2. The molecule has 1 aromatic carbocycles. The van der Waals surface area contributed by atoms with Gasteiger partial charge in [0, 0.05) is 5.69 Å². The Balaban J connectivity index is 1.58. The SMILES string of the molecule is Cc1cc(C(=O)N/N=C/c2ccc(OC(=O)c3cccs3)cc2)nc(=O)[nH]1. The Hall–Kier alpha value is -3.59. The van der Waals surface area contributed by atoms with E-state index in [1.165, 1.54) is 23.6 Å². The fourth-order valence-electron chi connectivity index (χ4n) is 2.09. The molecule has 8 nitrogen and oxygen atoms in total. The molecule has 2 N–H and O–H groups in total. The van der Waals surface area contributed by atoms with Gasteiger partial charge in [0.25, 0.3) is 5.91 Å². The number of ether oxygens (including phenoxy) is 1. The van der Waals surface area contributed by atoms with Gasteiger partial charge in [-0.2, -0.15) is 10.1 Å². The van der Waals surface area contributed by atoms with Crippen molar-refractivity contribution in [2.24, 2.45) is 5.10 Å². The molecule has 3 aromatic rings. The highest BCUT2D eigenvalue weighted by Gasteiger charge is 2.09. The van der Waals surface area contributed by atoms with Gasteiger partial charge >= 0.3 is 11.7 Å². The number of hydrogen-bond acceptors (Lipinski definition) is 7. The number of aryl methyl sites for hydroxylation is 1. The molecule has 0 atom stereocenters. The molecule has 9 heteroatoms. The number of hydrogen-bond donors (Lipinski definition) is 2. The summed E-state index contributed by atoms with van der Waals surface area (Å²) in [6.07, 6.45) is 1.42. The molecule has 0 spiro atoms. The maximum Gasteiger partial charge on any atom is 0.353 e. The molecule has 0 unspecified atom stereocenters. The molecule has 0 saturated heterocycles. The molecule has 27 heavy (non-hydrogen) atoms. The van der Waals surface area contributed by atoms with E-state index in [4.69, 9.17) is 4.74 Å². The van der Waals surface area contributed by atoms with E-state index in [0.717, 1.165) is 0 Å². The number of rotatable bonds is 5. The molecule has 0 aliphatic carbocycles. The molecule has 0 radical (unpaired) electrons. The lowest BCUT2D eigenvalue weighted by atomic mass is 10.2. The van der Waals surface area contributed by atoms with Gasteiger partial charge in [0.1, 0.15) is 16.3 Å². The highest BCUT2D eigenvalue weighted by atomic mass is 32.1. The van der Waals surface area contributed by atoms with Crippen molar-refractivity contribution >= 4 is 29.4 Å². The summed E-state index contributed by atoms with van der Waals surface area (Å²) in [6, 6.07) is 11.5. The van der Waals surface area contributed by atoms with Crippen molar-refractivity contribution in [3.8, 4) is 5.75 Å². The van der Waals surface area contributed by atoms with E-state index in [0.29, 0.717) is 21.9 Å². The van der Waals surface area contributed by atoms with E-state index in [1.54, 1.807) is 48.7 Å². The van der Waals surface area contributed by atoms with Crippen LogP contribution >= 0.6 is 11.3 Å². The van der Waals surface area contributed by atoms with E-state index < -0.39 is 17.6 Å². The second-order valence-corrected chi connectivity index (χ2v) is 6.34. The quantitative estimate of drug-likeness (QED) is 0.304. The lowest BCUT2D eigenvalue weighted by Crippen LogP contribution is -2.24. The van der Waals surface area contributed by atoms with E-state index in [2.05, 4.69) is 20.5 Å². The van der Waals surface area contributed by atoms with E-state index in [1.807, 2.05) is 0 Å². The molecule has 0 aliphatic heterocycles. The molecule has 0 aliphatic rings. The Kier molecular flexibility index (Phi) is 5.53. The topological polar surface area (TPSA) is 114 Å². The monoisotopic (exact) mass is 382 g/mol. The molecular formula is C18H14N4O4S. The Bertz CT molecular complexity index is 1040. The Morgan fingerprint density at radius 2 is 2.04 bits per heavy atom. The normalized spacial score (nSPS) is 10.7. The number of benzene rings is 1. The third-order valence-corrected chi connectivity index (χ3v) is 4.15. The molecular weight excluding hydrogens is 368 g/mol. The number of thiophene rings is 1. The van der Waals surface area contributed by atoms with Gasteiger partial charge in [-0.25, -0.2) is 15.0 Å². The van der Waals surface area contributed by atoms with Crippen molar-refractivity contribution < 1.29 is 14.3 Å². The number of H-pyrrole nitrogens is 1. The predicted molar refractivity (Wildman–Crippen MR) is 100 cm³/mol. The summed E-state index contributed by atoms with van der Waals surface area (Å²) in [5.74, 6) is -0.612. The van der Waals surface area contributed by atoms with Crippen molar-refractivity contribution in [2.45, 2.75) is 6.92 Å². The number of aromatic nitrogens is 2. The molecule has 0 bridgehead atoms. The van der Waals surface area contributed by atoms with E-state index >= 15 is 0 Å². The number of esters is 1. The number of carbonyl (C=O) groups excluding carboxylic acids is 2. The Labute approximate surface area is 157 Å². The second kappa shape index (κ2) is 8.19. The van der Waals surface area contributed by atoms with Crippen molar-refractivity contribution in [1.82, 2.24) is 15.4 Å². The molecule has 1 amide bonds. The predicted octanol–water partition coefficient (Wildman–Crippen LogP) is 2.12. The van der Waals surface area contributed by atoms with Gasteiger partial charge in [-0.3, -0.25) is 4.79 Å². The van der Waals surface area contributed by atoms with Crippen LogP contribution in [0, 0.1) is 6.92 Å². The van der Waals surface area contributed by atoms with Crippen LogP contribution in [0.15, 0.2) is 57.7 Å². The highest BCUT2D eigenvalue weighted by molar-refractivity contribution is 7.12. The molecule has 0 saturated carbocycles. The van der Waals surface area contributed by atoms with Gasteiger partial charge in [0.2, 0.25) is 0 Å². The van der Waals surface area contributed by atoms with Crippen LogP contribution in [0.3, 0.4) is 0 Å². The minimum absolute atomic E-state index is 0.0239. The first-order valence-electron chi connectivity index (χ1n) is 7.78. The average molecular weight is 382 g/mol. The van der Waals surface area contributed by atoms with Crippen LogP contribution in [-0.4, -0.2) is 28.1 Å². The standard InChI is InChI=1S/C18H14N4O4S/c1-11-9-14(21-18(25)20-11)16(23)22-19-10-12-4-6-13(7-5-12)26-17(24)15-3-2-8-27-15/h2-10H,1H3,(H,22,23)(H,20,21,25)/b19-10+. The average Bonchev–Trinajstić information content (AvgIpc) is 3.17. The van der Waals surface area contributed by atoms with Crippen LogP contribution in [0.25, 0.3) is 0 Å². The summed E-state index contributed by atoms with van der Waals surface area (Å²) < 4.78 is 5.25. The largest absolute Gasteiger partial charge is 0.422 e. The summed E-state index contributed by atoms with van der Waals surface area (Å²) in [5, 5.41) is 5.62. The van der Waals surface area contributed by atoms with Gasteiger partial charge in [0.05, 0.1) is 6.21 Å². The summed E-state index contributed by atoms with van der Waals surface area (Å²) in [6.45, 7) is 1.65. The molecule has 0 fully saturated rings. The zero-order valence-corrected chi connectivity index (χ0v) is 14.9. The van der Waals surface area contributed by atoms with Gasteiger partial charge in [-0.15, -0.1) is 11.3 Å². The van der Waals surface area contributed by atoms with Gasteiger partial charge < -0.3 is 9.72 Å². The number of amides is 1. The lowest BCUT2D eigenvalue weighted by Gasteiger charge is -2.03. The molecule has 2 aromatic heterocycles. The van der Waals surface area contributed by atoms with Crippen LogP contribution in [0.5, 0.6) is 5.75 Å². The third kappa shape index (κ3) is 4.95. The molecule has 136 valence electrons.